The molecule has 40 heavy (non-hydrogen) atoms. The smallest absolute Gasteiger partial charge is 0.330 e. The van der Waals surface area contributed by atoms with Crippen LogP contribution in [0.25, 0.3) is 0 Å². The van der Waals surface area contributed by atoms with E-state index in [4.69, 9.17) is 21.4 Å². The third kappa shape index (κ3) is 6.81. The summed E-state index contributed by atoms with van der Waals surface area (Å²) in [5, 5.41) is 6.61. The highest BCUT2D eigenvalue weighted by molar-refractivity contribution is 7.90. The van der Waals surface area contributed by atoms with Gasteiger partial charge in [0.1, 0.15) is 6.04 Å². The van der Waals surface area contributed by atoms with Gasteiger partial charge in [0, 0.05) is 30.7 Å². The molecule has 9 nitrogen and oxygen atoms in total. The third-order valence-corrected chi connectivity index (χ3v) is 7.88. The highest BCUT2D eigenvalue weighted by Gasteiger charge is 2.34. The van der Waals surface area contributed by atoms with Crippen molar-refractivity contribution in [3.05, 3.63) is 95.0 Å². The number of nitrogens with zero attached hydrogens (tertiary/aromatic N) is 4. The molecule has 0 fully saturated rings. The first kappa shape index (κ1) is 29.1. The summed E-state index contributed by atoms with van der Waals surface area (Å²) < 4.78 is 34.4. The zero-order valence-corrected chi connectivity index (χ0v) is 24.4. The highest BCUT2D eigenvalue weighted by Crippen LogP contribution is 2.30. The van der Waals surface area contributed by atoms with Crippen LogP contribution in [0.3, 0.4) is 0 Å². The molecule has 0 saturated heterocycles. The molecule has 1 aliphatic heterocycles. The Bertz CT molecular complexity index is 1510. The molecule has 0 spiro atoms. The molecular weight excluding hydrogens is 550 g/mol. The first-order valence-electron chi connectivity index (χ1n) is 12.8. The van der Waals surface area contributed by atoms with Gasteiger partial charge >= 0.3 is 5.97 Å². The van der Waals surface area contributed by atoms with Gasteiger partial charge in [-0.3, -0.25) is 0 Å². The number of ether oxygens (including phenoxy) is 1. The lowest BCUT2D eigenvalue weighted by atomic mass is 9.90. The maximum Gasteiger partial charge on any atom is 0.330 e. The van der Waals surface area contributed by atoms with Crippen molar-refractivity contribution < 1.29 is 17.9 Å². The van der Waals surface area contributed by atoms with Crippen LogP contribution in [-0.2, 0) is 19.6 Å². The van der Waals surface area contributed by atoms with Crippen molar-refractivity contribution in [2.75, 3.05) is 32.1 Å². The quantitative estimate of drug-likeness (QED) is 0.239. The van der Waals surface area contributed by atoms with Crippen LogP contribution < -0.4 is 9.62 Å². The van der Waals surface area contributed by atoms with E-state index >= 15 is 0 Å². The first-order valence-corrected chi connectivity index (χ1v) is 14.7. The number of rotatable bonds is 8. The molecule has 4 rings (SSSR count). The summed E-state index contributed by atoms with van der Waals surface area (Å²) in [4.78, 5) is 18.8. The third-order valence-electron chi connectivity index (χ3n) is 6.32. The van der Waals surface area contributed by atoms with Gasteiger partial charge in [0.05, 0.1) is 23.8 Å². The maximum absolute atomic E-state index is 13.4. The van der Waals surface area contributed by atoms with Crippen LogP contribution in [0, 0.1) is 0 Å². The van der Waals surface area contributed by atoms with Crippen molar-refractivity contribution in [1.82, 2.24) is 9.73 Å². The summed E-state index contributed by atoms with van der Waals surface area (Å²) in [7, 11) is -0.180. The predicted molar refractivity (Wildman–Crippen MR) is 158 cm³/mol. The maximum atomic E-state index is 13.4. The summed E-state index contributed by atoms with van der Waals surface area (Å²) >= 11 is 6.06. The van der Waals surface area contributed by atoms with Crippen molar-refractivity contribution >= 4 is 45.0 Å². The minimum absolute atomic E-state index is 0.0428. The number of hydrogen-bond acceptors (Lipinski definition) is 7. The number of esters is 1. The standard InChI is InChI=1S/C29H32ClN5O4S/c1-5-39-28(36)20(2)31-29(33-40(37,38)25-13-9-12-23(30)18-25)35-19-26(21-10-7-6-8-11-21)27(32-35)22-14-16-24(17-15-22)34(3)4/h6-18,20,26H,5,19H2,1-4H3,(H,31,33). The minimum atomic E-state index is -4.12. The van der Waals surface area contributed by atoms with Crippen LogP contribution in [0.15, 0.2) is 93.9 Å². The Balaban J connectivity index is 1.78. The number of hydrazone groups is 1. The molecule has 0 aliphatic carbocycles. The molecular formula is C29H32ClN5O4S. The van der Waals surface area contributed by atoms with Crippen molar-refractivity contribution in [2.45, 2.75) is 30.7 Å². The number of benzene rings is 3. The zero-order valence-electron chi connectivity index (χ0n) is 22.8. The molecule has 0 radical (unpaired) electrons. The molecule has 1 N–H and O–H groups in total. The number of guanidine groups is 1. The van der Waals surface area contributed by atoms with Crippen LogP contribution >= 0.6 is 11.6 Å². The normalized spacial score (nSPS) is 16.3. The Morgan fingerprint density at radius 2 is 1.82 bits per heavy atom. The number of carbonyl (C=O) groups is 1. The molecule has 210 valence electrons. The predicted octanol–water partition coefficient (Wildman–Crippen LogP) is 4.50. The molecule has 2 atom stereocenters. The molecule has 0 bridgehead atoms. The first-order chi connectivity index (χ1) is 19.1. The number of aliphatic imine (C=N–C) groups is 1. The Morgan fingerprint density at radius 3 is 2.45 bits per heavy atom. The van der Waals surface area contributed by atoms with E-state index in [1.165, 1.54) is 17.1 Å². The van der Waals surface area contributed by atoms with Gasteiger partial charge in [0.15, 0.2) is 0 Å². The van der Waals surface area contributed by atoms with E-state index in [0.29, 0.717) is 6.54 Å². The van der Waals surface area contributed by atoms with Crippen LogP contribution in [0.4, 0.5) is 5.69 Å². The second-order valence-corrected chi connectivity index (χ2v) is 11.5. The van der Waals surface area contributed by atoms with Crippen LogP contribution in [0.2, 0.25) is 5.02 Å². The molecule has 3 aromatic carbocycles. The van der Waals surface area contributed by atoms with Crippen molar-refractivity contribution in [2.24, 2.45) is 10.1 Å². The SMILES string of the molecule is CCOC(=O)C(C)N=C(NS(=O)(=O)c1cccc(Cl)c1)N1CC(c2ccccc2)C(c2ccc(N(C)C)cc2)=N1. The van der Waals surface area contributed by atoms with Gasteiger partial charge in [-0.2, -0.15) is 5.10 Å². The van der Waals surface area contributed by atoms with Crippen molar-refractivity contribution in [3.63, 3.8) is 0 Å². The number of nitrogens with one attached hydrogen (secondary N) is 1. The van der Waals surface area contributed by atoms with Crippen LogP contribution in [0.1, 0.15) is 30.9 Å². The van der Waals surface area contributed by atoms with Gasteiger partial charge in [-0.15, -0.1) is 0 Å². The van der Waals surface area contributed by atoms with E-state index in [1.54, 1.807) is 26.0 Å². The second kappa shape index (κ2) is 12.5. The molecule has 3 aromatic rings. The fourth-order valence-electron chi connectivity index (χ4n) is 4.23. The summed E-state index contributed by atoms with van der Waals surface area (Å²) in [5.41, 5.74) is 3.68. The summed E-state index contributed by atoms with van der Waals surface area (Å²) in [6.45, 7) is 3.70. The Kier molecular flexibility index (Phi) is 9.11. The van der Waals surface area contributed by atoms with Crippen molar-refractivity contribution in [3.8, 4) is 0 Å². The minimum Gasteiger partial charge on any atom is -0.464 e. The highest BCUT2D eigenvalue weighted by atomic mass is 35.5. The van der Waals surface area contributed by atoms with Gasteiger partial charge in [0.2, 0.25) is 5.96 Å². The fourth-order valence-corrected chi connectivity index (χ4v) is 5.54. The van der Waals surface area contributed by atoms with E-state index in [0.717, 1.165) is 22.5 Å². The molecule has 0 amide bonds. The van der Waals surface area contributed by atoms with E-state index in [-0.39, 0.29) is 28.4 Å². The average Bonchev–Trinajstić information content (AvgIpc) is 3.39. The summed E-state index contributed by atoms with van der Waals surface area (Å²) in [6, 6.07) is 22.7. The molecule has 2 unspecified atom stereocenters. The van der Waals surface area contributed by atoms with Gasteiger partial charge in [0.25, 0.3) is 10.0 Å². The number of halogens is 1. The van der Waals surface area contributed by atoms with E-state index in [1.807, 2.05) is 73.6 Å². The Labute approximate surface area is 240 Å². The monoisotopic (exact) mass is 581 g/mol. The number of anilines is 1. The van der Waals surface area contributed by atoms with Gasteiger partial charge in [-0.25, -0.2) is 27.9 Å². The Morgan fingerprint density at radius 1 is 1.12 bits per heavy atom. The van der Waals surface area contributed by atoms with E-state index < -0.39 is 22.0 Å². The van der Waals surface area contributed by atoms with Crippen LogP contribution in [-0.4, -0.2) is 64.4 Å². The summed E-state index contributed by atoms with van der Waals surface area (Å²) in [5.74, 6) is -0.865. The molecule has 0 aromatic heterocycles. The lowest BCUT2D eigenvalue weighted by Gasteiger charge is -2.21. The van der Waals surface area contributed by atoms with E-state index in [2.05, 4.69) is 9.71 Å². The molecule has 11 heteroatoms. The molecule has 1 heterocycles. The lowest BCUT2D eigenvalue weighted by Crippen LogP contribution is -2.42. The zero-order chi connectivity index (χ0) is 28.9. The van der Waals surface area contributed by atoms with Crippen molar-refractivity contribution in [1.29, 1.82) is 0 Å². The number of hydrogen-bond donors (Lipinski definition) is 1. The van der Waals surface area contributed by atoms with Gasteiger partial charge in [-0.05, 0) is 55.3 Å². The topological polar surface area (TPSA) is 104 Å². The Hall–Kier alpha value is -3.89. The number of carbonyl (C=O) groups excluding carboxylic acids is 1. The fraction of sp³-hybridized carbons (Fsp3) is 0.276. The summed E-state index contributed by atoms with van der Waals surface area (Å²) in [6.07, 6.45) is 0. The molecule has 0 saturated carbocycles. The average molecular weight is 582 g/mol. The number of sulfonamides is 1. The van der Waals surface area contributed by atoms with E-state index in [9.17, 15) is 13.2 Å². The van der Waals surface area contributed by atoms with Crippen LogP contribution in [0.5, 0.6) is 0 Å². The molecule has 1 aliphatic rings. The lowest BCUT2D eigenvalue weighted by molar-refractivity contribution is -0.144. The van der Waals surface area contributed by atoms with Gasteiger partial charge < -0.3 is 9.64 Å². The van der Waals surface area contributed by atoms with Gasteiger partial charge in [-0.1, -0.05) is 60.1 Å². The largest absolute Gasteiger partial charge is 0.464 e. The second-order valence-electron chi connectivity index (χ2n) is 9.42.